The first kappa shape index (κ1) is 21.5. The first-order valence-corrected chi connectivity index (χ1v) is 11.4. The molecule has 1 aromatic rings. The zero-order valence-corrected chi connectivity index (χ0v) is 17.5. The smallest absolute Gasteiger partial charge is 0.407 e. The molecule has 2 fully saturated rings. The Hall–Kier alpha value is -2.20. The Morgan fingerprint density at radius 1 is 1.34 bits per heavy atom. The van der Waals surface area contributed by atoms with Gasteiger partial charge < -0.3 is 15.4 Å². The number of amides is 2. The van der Waals surface area contributed by atoms with Gasteiger partial charge in [0.15, 0.2) is 0 Å². The van der Waals surface area contributed by atoms with Crippen LogP contribution < -0.4 is 10.6 Å². The first-order chi connectivity index (χ1) is 13.9. The van der Waals surface area contributed by atoms with Gasteiger partial charge in [0.1, 0.15) is 10.9 Å². The number of pyridine rings is 1. The van der Waals surface area contributed by atoms with Crippen molar-refractivity contribution in [3.63, 3.8) is 0 Å². The van der Waals surface area contributed by atoms with Gasteiger partial charge in [0.05, 0.1) is 7.11 Å². The van der Waals surface area contributed by atoms with Crippen LogP contribution in [0.4, 0.5) is 4.79 Å². The Bertz CT molecular complexity index is 832. The zero-order chi connectivity index (χ0) is 21.0. The summed E-state index contributed by atoms with van der Waals surface area (Å²) in [6.45, 7) is 2.76. The van der Waals surface area contributed by atoms with Gasteiger partial charge in [-0.05, 0) is 43.2 Å². The third kappa shape index (κ3) is 4.69. The van der Waals surface area contributed by atoms with Gasteiger partial charge in [0.2, 0.25) is 15.9 Å². The number of nitrogens with one attached hydrogen (secondary N) is 2. The number of carbonyl (C=O) groups is 2. The van der Waals surface area contributed by atoms with E-state index in [0.717, 1.165) is 19.3 Å². The predicted octanol–water partition coefficient (Wildman–Crippen LogP) is 1.12. The molecule has 160 valence electrons. The second-order valence-corrected chi connectivity index (χ2v) is 9.54. The minimum Gasteiger partial charge on any atom is -0.453 e. The molecular formula is C19H28N4O5S. The number of hydrogen-bond acceptors (Lipinski definition) is 6. The number of hydrogen-bond donors (Lipinski definition) is 2. The van der Waals surface area contributed by atoms with Crippen molar-refractivity contribution in [2.75, 3.05) is 20.2 Å². The van der Waals surface area contributed by atoms with Gasteiger partial charge in [-0.3, -0.25) is 9.78 Å². The number of ether oxygens (including phenoxy) is 1. The molecule has 29 heavy (non-hydrogen) atoms. The van der Waals surface area contributed by atoms with E-state index in [4.69, 9.17) is 0 Å². The van der Waals surface area contributed by atoms with Crippen molar-refractivity contribution in [2.45, 2.75) is 49.6 Å². The Labute approximate surface area is 171 Å². The second-order valence-electron chi connectivity index (χ2n) is 7.60. The lowest BCUT2D eigenvalue weighted by atomic mass is 9.97. The highest BCUT2D eigenvalue weighted by Crippen LogP contribution is 2.40. The van der Waals surface area contributed by atoms with Crippen molar-refractivity contribution < 1.29 is 22.7 Å². The number of rotatable bonds is 7. The quantitative estimate of drug-likeness (QED) is 0.677. The molecule has 0 aromatic carbocycles. The van der Waals surface area contributed by atoms with E-state index in [0.29, 0.717) is 19.5 Å². The zero-order valence-electron chi connectivity index (χ0n) is 16.7. The Morgan fingerprint density at radius 3 is 2.79 bits per heavy atom. The average Bonchev–Trinajstić information content (AvgIpc) is 3.30. The normalized spacial score (nSPS) is 25.2. The fourth-order valence-electron chi connectivity index (χ4n) is 4.29. The maximum absolute atomic E-state index is 12.9. The van der Waals surface area contributed by atoms with Crippen LogP contribution in [0.15, 0.2) is 29.4 Å². The van der Waals surface area contributed by atoms with Crippen molar-refractivity contribution >= 4 is 22.0 Å². The lowest BCUT2D eigenvalue weighted by molar-refractivity contribution is -0.124. The number of fused-ring (bicyclic) bond motifs is 1. The predicted molar refractivity (Wildman–Crippen MR) is 105 cm³/mol. The lowest BCUT2D eigenvalue weighted by Crippen LogP contribution is -2.51. The maximum atomic E-state index is 12.9. The highest BCUT2D eigenvalue weighted by atomic mass is 32.2. The van der Waals surface area contributed by atoms with Gasteiger partial charge in [-0.2, -0.15) is 4.31 Å². The first-order valence-electron chi connectivity index (χ1n) is 9.91. The molecule has 9 nitrogen and oxygen atoms in total. The summed E-state index contributed by atoms with van der Waals surface area (Å²) in [5, 5.41) is 5.60. The van der Waals surface area contributed by atoms with E-state index >= 15 is 0 Å². The summed E-state index contributed by atoms with van der Waals surface area (Å²) in [6.07, 6.45) is 5.15. The second kappa shape index (κ2) is 9.08. The summed E-state index contributed by atoms with van der Waals surface area (Å²) in [4.78, 5) is 28.3. The Morgan fingerprint density at radius 2 is 2.14 bits per heavy atom. The fourth-order valence-corrected chi connectivity index (χ4v) is 5.79. The van der Waals surface area contributed by atoms with Crippen molar-refractivity contribution in [3.8, 4) is 0 Å². The van der Waals surface area contributed by atoms with Gasteiger partial charge in [0.25, 0.3) is 0 Å². The molecule has 1 aliphatic carbocycles. The molecule has 1 saturated carbocycles. The molecule has 0 unspecified atom stereocenters. The van der Waals surface area contributed by atoms with Crippen LogP contribution >= 0.6 is 0 Å². The summed E-state index contributed by atoms with van der Waals surface area (Å²) in [5.74, 6) is 0.0206. The van der Waals surface area contributed by atoms with Crippen LogP contribution in [0.25, 0.3) is 0 Å². The van der Waals surface area contributed by atoms with Gasteiger partial charge in [-0.15, -0.1) is 0 Å². The van der Waals surface area contributed by atoms with Crippen molar-refractivity contribution in [3.05, 3.63) is 24.5 Å². The molecule has 2 aliphatic rings. The van der Waals surface area contributed by atoms with E-state index in [-0.39, 0.29) is 28.7 Å². The summed E-state index contributed by atoms with van der Waals surface area (Å²) in [6, 6.07) is 2.38. The summed E-state index contributed by atoms with van der Waals surface area (Å²) in [5.41, 5.74) is 0. The van der Waals surface area contributed by atoms with E-state index in [2.05, 4.69) is 20.4 Å². The monoisotopic (exact) mass is 424 g/mol. The summed E-state index contributed by atoms with van der Waals surface area (Å²) >= 11 is 0. The molecule has 3 rings (SSSR count). The van der Waals surface area contributed by atoms with Crippen LogP contribution in [0.1, 0.15) is 32.6 Å². The number of alkyl carbamates (subject to hydrolysis) is 1. The number of methoxy groups -OCH3 is 1. The van der Waals surface area contributed by atoms with E-state index in [1.54, 1.807) is 18.3 Å². The van der Waals surface area contributed by atoms with E-state index in [1.807, 2.05) is 6.92 Å². The van der Waals surface area contributed by atoms with Gasteiger partial charge >= 0.3 is 6.09 Å². The van der Waals surface area contributed by atoms with Crippen molar-refractivity contribution in [1.29, 1.82) is 0 Å². The van der Waals surface area contributed by atoms with Crippen molar-refractivity contribution in [2.24, 2.45) is 11.8 Å². The number of aromatic nitrogens is 1. The van der Waals surface area contributed by atoms with Crippen molar-refractivity contribution in [1.82, 2.24) is 19.9 Å². The van der Waals surface area contributed by atoms with Gasteiger partial charge in [-0.1, -0.05) is 13.3 Å². The van der Waals surface area contributed by atoms with Gasteiger partial charge in [-0.25, -0.2) is 13.2 Å². The minimum atomic E-state index is -3.59. The molecule has 1 aromatic heterocycles. The molecule has 10 heteroatoms. The molecule has 1 aliphatic heterocycles. The number of carbonyl (C=O) groups excluding carboxylic acids is 2. The van der Waals surface area contributed by atoms with E-state index < -0.39 is 22.2 Å². The lowest BCUT2D eigenvalue weighted by Gasteiger charge is -2.24. The molecule has 0 radical (unpaired) electrons. The topological polar surface area (TPSA) is 118 Å². The number of nitrogens with zero attached hydrogens (tertiary/aromatic N) is 2. The van der Waals surface area contributed by atoms with Crippen LogP contribution in [0.3, 0.4) is 0 Å². The molecule has 2 amide bonds. The number of sulfonamides is 1. The Balaban J connectivity index is 1.65. The van der Waals surface area contributed by atoms with Crippen LogP contribution in [0.5, 0.6) is 0 Å². The van der Waals surface area contributed by atoms with Gasteiger partial charge in [0, 0.05) is 31.5 Å². The van der Waals surface area contributed by atoms with E-state index in [1.165, 1.54) is 17.6 Å². The minimum absolute atomic E-state index is 0.0609. The molecule has 0 bridgehead atoms. The summed E-state index contributed by atoms with van der Waals surface area (Å²) in [7, 11) is -2.33. The standard InChI is InChI=1S/C19H28N4O5S/c1-3-5-17(22-19(25)28-2)18(24)21-16-8-7-13-11-23(12-15(13)16)29(26,27)14-6-4-9-20-10-14/h4,6,9-10,13,15-17H,3,5,7-8,11-12H2,1-2H3,(H,21,24)(H,22,25)/t13-,15+,16+,17+/m1/s1. The van der Waals surface area contributed by atoms with Crippen LogP contribution in [0.2, 0.25) is 0 Å². The molecule has 2 heterocycles. The average molecular weight is 425 g/mol. The molecule has 1 saturated heterocycles. The molecular weight excluding hydrogens is 396 g/mol. The third-order valence-corrected chi connectivity index (χ3v) is 7.61. The molecule has 0 spiro atoms. The fraction of sp³-hybridized carbons (Fsp3) is 0.632. The van der Waals surface area contributed by atoms with Crippen LogP contribution in [0, 0.1) is 11.8 Å². The maximum Gasteiger partial charge on any atom is 0.407 e. The highest BCUT2D eigenvalue weighted by Gasteiger charge is 2.47. The largest absolute Gasteiger partial charge is 0.453 e. The van der Waals surface area contributed by atoms with E-state index in [9.17, 15) is 18.0 Å². The van der Waals surface area contributed by atoms with Crippen LogP contribution in [-0.2, 0) is 19.6 Å². The molecule has 4 atom stereocenters. The third-order valence-electron chi connectivity index (χ3n) is 5.79. The summed E-state index contributed by atoms with van der Waals surface area (Å²) < 4.78 is 31.9. The van der Waals surface area contributed by atoms with Crippen LogP contribution in [-0.4, -0.2) is 62.0 Å². The SMILES string of the molecule is CCC[C@H](NC(=O)OC)C(=O)N[C@H]1CC[C@@H]2CN(S(=O)(=O)c3cccnc3)C[C@@H]21. The Kier molecular flexibility index (Phi) is 6.74. The highest BCUT2D eigenvalue weighted by molar-refractivity contribution is 7.89. The molecule has 2 N–H and O–H groups in total.